The van der Waals surface area contributed by atoms with E-state index in [1.807, 2.05) is 16.8 Å². The Balaban J connectivity index is 1.22. The number of benzene rings is 1. The Labute approximate surface area is 211 Å². The van der Waals surface area contributed by atoms with E-state index in [9.17, 15) is 9.90 Å². The third-order valence-electron chi connectivity index (χ3n) is 5.90. The van der Waals surface area contributed by atoms with E-state index in [1.54, 1.807) is 42.7 Å². The minimum atomic E-state index is -1.24. The number of nitrogens with one attached hydrogen (secondary N) is 1. The number of nitrogens with zero attached hydrogens (tertiary/aromatic N) is 5. The van der Waals surface area contributed by atoms with E-state index < -0.39 is 12.1 Å². The first-order valence-corrected chi connectivity index (χ1v) is 11.9. The first-order valence-electron chi connectivity index (χ1n) is 11.9. The smallest absolute Gasteiger partial charge is 0.404 e. The zero-order chi connectivity index (χ0) is 25.6. The Hall–Kier alpha value is -4.29. The Kier molecular flexibility index (Phi) is 7.38. The Morgan fingerprint density at radius 3 is 2.70 bits per heavy atom. The minimum absolute atomic E-state index is 0.0546. The van der Waals surface area contributed by atoms with Gasteiger partial charge in [0.25, 0.3) is 0 Å². The van der Waals surface area contributed by atoms with Gasteiger partial charge in [-0.2, -0.15) is 10.1 Å². The number of amides is 1. The van der Waals surface area contributed by atoms with Gasteiger partial charge in [-0.3, -0.25) is 0 Å². The molecule has 1 saturated heterocycles. The van der Waals surface area contributed by atoms with E-state index in [1.165, 1.54) is 0 Å². The van der Waals surface area contributed by atoms with Crippen molar-refractivity contribution in [1.29, 1.82) is 0 Å². The predicted molar refractivity (Wildman–Crippen MR) is 130 cm³/mol. The van der Waals surface area contributed by atoms with Gasteiger partial charge in [-0.15, -0.1) is 0 Å². The molecule has 1 aromatic carbocycles. The van der Waals surface area contributed by atoms with Crippen molar-refractivity contribution in [3.8, 4) is 34.3 Å². The van der Waals surface area contributed by atoms with Gasteiger partial charge in [-0.25, -0.2) is 14.5 Å². The van der Waals surface area contributed by atoms with Crippen LogP contribution in [0.4, 0.5) is 4.79 Å². The van der Waals surface area contributed by atoms with Crippen molar-refractivity contribution in [2.24, 2.45) is 0 Å². The van der Waals surface area contributed by atoms with Crippen LogP contribution in [0.15, 0.2) is 59.4 Å². The van der Waals surface area contributed by atoms with E-state index in [-0.39, 0.29) is 25.1 Å². The van der Waals surface area contributed by atoms with Gasteiger partial charge in [0.2, 0.25) is 17.6 Å². The fourth-order valence-corrected chi connectivity index (χ4v) is 4.08. The van der Waals surface area contributed by atoms with Crippen LogP contribution in [0, 0.1) is 0 Å². The average molecular weight is 507 g/mol. The van der Waals surface area contributed by atoms with Gasteiger partial charge >= 0.3 is 6.09 Å². The Morgan fingerprint density at radius 1 is 1.16 bits per heavy atom. The lowest BCUT2D eigenvalue weighted by atomic mass is 10.1. The summed E-state index contributed by atoms with van der Waals surface area (Å²) < 4.78 is 18.9. The molecule has 5 rings (SSSR count). The van der Waals surface area contributed by atoms with Crippen LogP contribution in [-0.2, 0) is 11.2 Å². The lowest BCUT2D eigenvalue weighted by Crippen LogP contribution is -2.38. The summed E-state index contributed by atoms with van der Waals surface area (Å²) in [7, 11) is 0. The third kappa shape index (κ3) is 5.93. The Bertz CT molecular complexity index is 1310. The quantitative estimate of drug-likeness (QED) is 0.306. The molecule has 1 aliphatic rings. The number of ether oxygens (including phenoxy) is 2. The highest BCUT2D eigenvalue weighted by Gasteiger charge is 2.20. The average Bonchev–Trinajstić information content (AvgIpc) is 3.60. The molecule has 1 amide bonds. The number of rotatable bonds is 9. The summed E-state index contributed by atoms with van der Waals surface area (Å²) in [6.07, 6.45) is 5.44. The molecule has 37 heavy (non-hydrogen) atoms. The van der Waals surface area contributed by atoms with Crippen molar-refractivity contribution in [2.75, 3.05) is 13.2 Å². The van der Waals surface area contributed by atoms with Crippen LogP contribution in [-0.4, -0.2) is 60.5 Å². The molecule has 0 radical (unpaired) electrons. The lowest BCUT2D eigenvalue weighted by Gasteiger charge is -2.24. The number of hydrogen-bond acceptors (Lipinski definition) is 9. The van der Waals surface area contributed by atoms with Gasteiger partial charge in [0.15, 0.2) is 6.23 Å². The fourth-order valence-electron chi connectivity index (χ4n) is 4.08. The number of carbonyl (C=O) groups is 1. The largest absolute Gasteiger partial charge is 0.465 e. The lowest BCUT2D eigenvalue weighted by molar-refractivity contribution is -0.0383. The van der Waals surface area contributed by atoms with Gasteiger partial charge in [0.1, 0.15) is 5.75 Å². The second kappa shape index (κ2) is 11.2. The molecule has 2 atom stereocenters. The van der Waals surface area contributed by atoms with Crippen molar-refractivity contribution in [3.05, 3.63) is 60.7 Å². The fraction of sp³-hybridized carbons (Fsp3) is 0.320. The topological polar surface area (TPSA) is 158 Å². The van der Waals surface area contributed by atoms with E-state index in [0.717, 1.165) is 37.1 Å². The zero-order valence-corrected chi connectivity index (χ0v) is 19.9. The summed E-state index contributed by atoms with van der Waals surface area (Å²) in [5, 5.41) is 28.7. The summed E-state index contributed by atoms with van der Waals surface area (Å²) in [6.45, 7) is 0.361. The van der Waals surface area contributed by atoms with Gasteiger partial charge in [0, 0.05) is 42.6 Å². The van der Waals surface area contributed by atoms with Crippen molar-refractivity contribution >= 4 is 6.09 Å². The monoisotopic (exact) mass is 506 g/mol. The maximum Gasteiger partial charge on any atom is 0.404 e. The molecule has 12 heteroatoms. The summed E-state index contributed by atoms with van der Waals surface area (Å²) in [6, 6.07) is 12.0. The van der Waals surface area contributed by atoms with Crippen LogP contribution in [0.1, 0.15) is 31.4 Å². The highest BCUT2D eigenvalue weighted by molar-refractivity contribution is 5.65. The number of pyridine rings is 1. The van der Waals surface area contributed by atoms with Crippen LogP contribution < -0.4 is 10.1 Å². The van der Waals surface area contributed by atoms with Crippen molar-refractivity contribution in [3.63, 3.8) is 0 Å². The summed E-state index contributed by atoms with van der Waals surface area (Å²) >= 11 is 0. The molecular weight excluding hydrogens is 480 g/mol. The SMILES string of the molecule is O=C(O)N[C@H](CO)Cc1nc(-c2ccc(Oc3ccc(-c4ccnn4C4CCCCO4)cn3)cc2)no1. The summed E-state index contributed by atoms with van der Waals surface area (Å²) in [4.78, 5) is 19.5. The van der Waals surface area contributed by atoms with Crippen LogP contribution in [0.2, 0.25) is 0 Å². The molecule has 0 saturated carbocycles. The molecule has 1 unspecified atom stereocenters. The Morgan fingerprint density at radius 2 is 2.00 bits per heavy atom. The second-order valence-electron chi connectivity index (χ2n) is 8.54. The molecule has 3 N–H and O–H groups in total. The molecule has 1 fully saturated rings. The van der Waals surface area contributed by atoms with Crippen molar-refractivity contribution in [1.82, 2.24) is 30.2 Å². The van der Waals surface area contributed by atoms with E-state index in [0.29, 0.717) is 23.0 Å². The molecule has 0 bridgehead atoms. The number of aliphatic hydroxyl groups is 1. The van der Waals surface area contributed by atoms with Crippen LogP contribution in [0.3, 0.4) is 0 Å². The van der Waals surface area contributed by atoms with Gasteiger partial charge < -0.3 is 29.5 Å². The molecule has 4 heterocycles. The maximum atomic E-state index is 10.8. The maximum absolute atomic E-state index is 10.8. The van der Waals surface area contributed by atoms with Gasteiger partial charge in [-0.1, -0.05) is 5.16 Å². The first kappa shape index (κ1) is 24.4. The number of hydrogen-bond donors (Lipinski definition) is 3. The van der Waals surface area contributed by atoms with Crippen LogP contribution in [0.25, 0.3) is 22.6 Å². The first-order chi connectivity index (χ1) is 18.1. The summed E-state index contributed by atoms with van der Waals surface area (Å²) in [5.41, 5.74) is 2.55. The second-order valence-corrected chi connectivity index (χ2v) is 8.54. The predicted octanol–water partition coefficient (Wildman–Crippen LogP) is 3.66. The zero-order valence-electron chi connectivity index (χ0n) is 19.9. The van der Waals surface area contributed by atoms with Crippen LogP contribution >= 0.6 is 0 Å². The molecule has 1 aliphatic heterocycles. The molecule has 4 aromatic rings. The third-order valence-corrected chi connectivity index (χ3v) is 5.90. The highest BCUT2D eigenvalue weighted by Crippen LogP contribution is 2.29. The van der Waals surface area contributed by atoms with E-state index in [4.69, 9.17) is 19.1 Å². The molecule has 12 nitrogen and oxygen atoms in total. The number of aliphatic hydroxyl groups excluding tert-OH is 1. The van der Waals surface area contributed by atoms with Crippen LogP contribution in [0.5, 0.6) is 11.6 Å². The van der Waals surface area contributed by atoms with E-state index >= 15 is 0 Å². The molecule has 0 spiro atoms. The minimum Gasteiger partial charge on any atom is -0.465 e. The number of carboxylic acid groups (broad SMARTS) is 1. The van der Waals surface area contributed by atoms with Gasteiger partial charge in [0.05, 0.1) is 18.3 Å². The normalized spacial score (nSPS) is 16.3. The standard InChI is InChI=1S/C25H26N6O6/c32-15-18(28-25(33)34)13-22-29-24(30-37-22)16-4-7-19(8-5-16)36-21-9-6-17(14-26-21)20-10-11-27-31(20)23-3-1-2-12-35-23/h4-11,14,18,23,28,32H,1-3,12-13,15H2,(H,33,34)/t18-,23?/m0/s1. The number of aromatic nitrogens is 5. The molecule has 0 aliphatic carbocycles. The molecule has 3 aromatic heterocycles. The molecular formula is C25H26N6O6. The molecule has 192 valence electrons. The van der Waals surface area contributed by atoms with Crippen molar-refractivity contribution < 1.29 is 29.0 Å². The summed E-state index contributed by atoms with van der Waals surface area (Å²) in [5.74, 6) is 1.58. The van der Waals surface area contributed by atoms with Gasteiger partial charge in [-0.05, 0) is 55.7 Å². The van der Waals surface area contributed by atoms with Crippen molar-refractivity contribution in [2.45, 2.75) is 38.0 Å². The van der Waals surface area contributed by atoms with E-state index in [2.05, 4.69) is 25.5 Å². The highest BCUT2D eigenvalue weighted by atomic mass is 16.5.